The number of pyridine rings is 1. The Morgan fingerprint density at radius 3 is 3.11 bits per heavy atom. The number of hydrogen-bond acceptors (Lipinski definition) is 3. The van der Waals surface area contributed by atoms with Gasteiger partial charge in [0.2, 0.25) is 0 Å². The molecule has 0 bridgehead atoms. The third kappa shape index (κ3) is 3.60. The van der Waals surface area contributed by atoms with E-state index in [0.29, 0.717) is 5.92 Å². The van der Waals surface area contributed by atoms with Gasteiger partial charge >= 0.3 is 0 Å². The second-order valence-electron chi connectivity index (χ2n) is 4.91. The van der Waals surface area contributed by atoms with Crippen molar-refractivity contribution >= 4 is 5.69 Å². The van der Waals surface area contributed by atoms with Crippen LogP contribution in [0.4, 0.5) is 5.69 Å². The molecule has 1 aliphatic rings. The molecule has 0 aromatic carbocycles. The van der Waals surface area contributed by atoms with Gasteiger partial charge in [-0.25, -0.2) is 0 Å². The van der Waals surface area contributed by atoms with Crippen LogP contribution in [0, 0.1) is 5.92 Å². The smallest absolute Gasteiger partial charge is 0.250 e. The van der Waals surface area contributed by atoms with E-state index in [1.54, 1.807) is 10.6 Å². The fraction of sp³-hybridized carbons (Fsp3) is 0.643. The van der Waals surface area contributed by atoms with Gasteiger partial charge in [0.15, 0.2) is 0 Å². The number of aromatic nitrogens is 1. The average molecular weight is 250 g/mol. The van der Waals surface area contributed by atoms with Gasteiger partial charge in [0.25, 0.3) is 5.56 Å². The van der Waals surface area contributed by atoms with Gasteiger partial charge in [0, 0.05) is 32.0 Å². The van der Waals surface area contributed by atoms with Crippen LogP contribution >= 0.6 is 0 Å². The summed E-state index contributed by atoms with van der Waals surface area (Å²) >= 11 is 0. The fourth-order valence-electron chi connectivity index (χ4n) is 2.28. The highest BCUT2D eigenvalue weighted by Gasteiger charge is 2.13. The minimum absolute atomic E-state index is 0.0726. The molecule has 1 aromatic heterocycles. The summed E-state index contributed by atoms with van der Waals surface area (Å²) in [7, 11) is 0. The number of ether oxygens (including phenoxy) is 1. The maximum Gasteiger partial charge on any atom is 0.250 e. The van der Waals surface area contributed by atoms with Gasteiger partial charge in [-0.15, -0.1) is 0 Å². The molecular formula is C14H22N2O2. The minimum atomic E-state index is 0.0726. The first-order valence-corrected chi connectivity index (χ1v) is 6.81. The third-order valence-electron chi connectivity index (χ3n) is 3.30. The molecule has 0 radical (unpaired) electrons. The Balaban J connectivity index is 1.92. The molecule has 0 spiro atoms. The molecular weight excluding hydrogens is 228 g/mol. The van der Waals surface area contributed by atoms with Gasteiger partial charge in [-0.3, -0.25) is 4.79 Å². The largest absolute Gasteiger partial charge is 0.383 e. The van der Waals surface area contributed by atoms with Crippen molar-refractivity contribution in [3.05, 3.63) is 28.7 Å². The van der Waals surface area contributed by atoms with Crippen LogP contribution in [0.5, 0.6) is 0 Å². The van der Waals surface area contributed by atoms with E-state index >= 15 is 0 Å². The van der Waals surface area contributed by atoms with Crippen LogP contribution in [0.3, 0.4) is 0 Å². The average Bonchev–Trinajstić information content (AvgIpc) is 2.41. The predicted molar refractivity (Wildman–Crippen MR) is 73.0 cm³/mol. The van der Waals surface area contributed by atoms with Crippen molar-refractivity contribution in [3.8, 4) is 0 Å². The normalized spacial score (nSPS) is 19.7. The van der Waals surface area contributed by atoms with Gasteiger partial charge < -0.3 is 14.6 Å². The quantitative estimate of drug-likeness (QED) is 0.870. The maximum absolute atomic E-state index is 11.6. The zero-order valence-corrected chi connectivity index (χ0v) is 11.0. The summed E-state index contributed by atoms with van der Waals surface area (Å²) in [5, 5.41) is 3.40. The van der Waals surface area contributed by atoms with E-state index in [-0.39, 0.29) is 5.56 Å². The number of anilines is 1. The minimum Gasteiger partial charge on any atom is -0.383 e. The summed E-state index contributed by atoms with van der Waals surface area (Å²) in [5.41, 5.74) is 1.09. The zero-order valence-electron chi connectivity index (χ0n) is 11.0. The maximum atomic E-state index is 11.6. The first-order chi connectivity index (χ1) is 8.79. The Kier molecular flexibility index (Phi) is 4.81. The van der Waals surface area contributed by atoms with Gasteiger partial charge in [0.1, 0.15) is 0 Å². The second-order valence-corrected chi connectivity index (χ2v) is 4.91. The Bertz CT molecular complexity index is 422. The summed E-state index contributed by atoms with van der Waals surface area (Å²) in [6.45, 7) is 5.52. The topological polar surface area (TPSA) is 43.3 Å². The first kappa shape index (κ1) is 13.1. The third-order valence-corrected chi connectivity index (χ3v) is 3.30. The number of nitrogens with one attached hydrogen (secondary N) is 1. The lowest BCUT2D eigenvalue weighted by molar-refractivity contribution is 0.0595. The molecule has 100 valence electrons. The van der Waals surface area contributed by atoms with Crippen LogP contribution in [0.25, 0.3) is 0 Å². The molecule has 4 heteroatoms. The molecule has 1 saturated heterocycles. The Morgan fingerprint density at radius 1 is 1.50 bits per heavy atom. The van der Waals surface area contributed by atoms with Crippen LogP contribution in [0.1, 0.15) is 26.2 Å². The molecule has 2 heterocycles. The highest BCUT2D eigenvalue weighted by atomic mass is 16.5. The van der Waals surface area contributed by atoms with Crippen molar-refractivity contribution in [3.63, 3.8) is 0 Å². The van der Waals surface area contributed by atoms with Crippen molar-refractivity contribution in [1.29, 1.82) is 0 Å². The summed E-state index contributed by atoms with van der Waals surface area (Å²) < 4.78 is 7.22. The molecule has 1 N–H and O–H groups in total. The lowest BCUT2D eigenvalue weighted by atomic mass is 10.0. The second kappa shape index (κ2) is 6.59. The van der Waals surface area contributed by atoms with Gasteiger partial charge in [-0.05, 0) is 31.2 Å². The van der Waals surface area contributed by atoms with E-state index in [9.17, 15) is 4.79 Å². The van der Waals surface area contributed by atoms with Gasteiger partial charge in [-0.2, -0.15) is 0 Å². The molecule has 0 amide bonds. The SMILES string of the molecule is CCCn1cc(NCC2CCCOC2)ccc1=O. The summed E-state index contributed by atoms with van der Waals surface area (Å²) in [6.07, 6.45) is 5.26. The molecule has 1 atom stereocenters. The molecule has 18 heavy (non-hydrogen) atoms. The summed E-state index contributed by atoms with van der Waals surface area (Å²) in [5.74, 6) is 0.588. The highest BCUT2D eigenvalue weighted by Crippen LogP contribution is 2.14. The lowest BCUT2D eigenvalue weighted by Crippen LogP contribution is -2.25. The van der Waals surface area contributed by atoms with E-state index in [2.05, 4.69) is 12.2 Å². The van der Waals surface area contributed by atoms with Crippen LogP contribution in [-0.2, 0) is 11.3 Å². The van der Waals surface area contributed by atoms with Crippen molar-refractivity contribution in [2.24, 2.45) is 5.92 Å². The zero-order chi connectivity index (χ0) is 12.8. The molecule has 1 fully saturated rings. The molecule has 1 unspecified atom stereocenters. The highest BCUT2D eigenvalue weighted by molar-refractivity contribution is 5.40. The van der Waals surface area contributed by atoms with E-state index in [1.165, 1.54) is 6.42 Å². The van der Waals surface area contributed by atoms with E-state index in [1.807, 2.05) is 12.3 Å². The van der Waals surface area contributed by atoms with Gasteiger partial charge in [0.05, 0.1) is 12.3 Å². The van der Waals surface area contributed by atoms with E-state index in [0.717, 1.165) is 44.8 Å². The van der Waals surface area contributed by atoms with Crippen LogP contribution in [0.15, 0.2) is 23.1 Å². The molecule has 0 aliphatic carbocycles. The molecule has 0 saturated carbocycles. The lowest BCUT2D eigenvalue weighted by Gasteiger charge is -2.22. The summed E-state index contributed by atoms with van der Waals surface area (Å²) in [6, 6.07) is 3.49. The van der Waals surface area contributed by atoms with E-state index in [4.69, 9.17) is 4.74 Å². The van der Waals surface area contributed by atoms with Crippen LogP contribution < -0.4 is 10.9 Å². The Hall–Kier alpha value is -1.29. The number of rotatable bonds is 5. The van der Waals surface area contributed by atoms with Crippen molar-refractivity contribution in [2.45, 2.75) is 32.7 Å². The monoisotopic (exact) mass is 250 g/mol. The number of hydrogen-bond donors (Lipinski definition) is 1. The van der Waals surface area contributed by atoms with Crippen molar-refractivity contribution < 1.29 is 4.74 Å². The van der Waals surface area contributed by atoms with Gasteiger partial charge in [-0.1, -0.05) is 6.92 Å². The molecule has 1 aromatic rings. The van der Waals surface area contributed by atoms with E-state index < -0.39 is 0 Å². The summed E-state index contributed by atoms with van der Waals surface area (Å²) in [4.78, 5) is 11.6. The predicted octanol–water partition coefficient (Wildman–Crippen LogP) is 2.10. The molecule has 1 aliphatic heterocycles. The molecule has 2 rings (SSSR count). The fourth-order valence-corrected chi connectivity index (χ4v) is 2.28. The van der Waals surface area contributed by atoms with Crippen LogP contribution in [0.2, 0.25) is 0 Å². The molecule has 4 nitrogen and oxygen atoms in total. The standard InChI is InChI=1S/C14H22N2O2/c1-2-7-16-10-13(5-6-14(16)17)15-9-12-4-3-8-18-11-12/h5-6,10,12,15H,2-4,7-9,11H2,1H3. The van der Waals surface area contributed by atoms with Crippen LogP contribution in [-0.4, -0.2) is 24.3 Å². The Labute approximate surface area is 108 Å². The number of aryl methyl sites for hydroxylation is 1. The number of nitrogens with zero attached hydrogens (tertiary/aromatic N) is 1. The Morgan fingerprint density at radius 2 is 2.39 bits per heavy atom. The van der Waals surface area contributed by atoms with Crippen molar-refractivity contribution in [2.75, 3.05) is 25.1 Å². The first-order valence-electron chi connectivity index (χ1n) is 6.81. The van der Waals surface area contributed by atoms with Crippen molar-refractivity contribution in [1.82, 2.24) is 4.57 Å².